The number of hydrogen-bond donors (Lipinski definition) is 2. The number of hydrogen-bond acceptors (Lipinski definition) is 3. The molecule has 114 valence electrons. The average Bonchev–Trinajstić information content (AvgIpc) is 2.45. The van der Waals surface area contributed by atoms with Crippen LogP contribution >= 0.6 is 0 Å². The van der Waals surface area contributed by atoms with Crippen molar-refractivity contribution in [2.75, 3.05) is 33.7 Å². The second kappa shape index (κ2) is 9.17. The number of nitrogens with zero attached hydrogens (tertiary/aromatic N) is 1. The lowest BCUT2D eigenvalue weighted by Crippen LogP contribution is -2.25. The molecule has 4 heteroatoms. The van der Waals surface area contributed by atoms with Crippen molar-refractivity contribution in [3.05, 3.63) is 34.9 Å². The maximum Gasteiger partial charge on any atom is 0.251 e. The highest BCUT2D eigenvalue weighted by molar-refractivity contribution is 5.94. The van der Waals surface area contributed by atoms with Crippen LogP contribution in [0, 0.1) is 18.8 Å². The molecule has 0 radical (unpaired) electrons. The zero-order valence-corrected chi connectivity index (χ0v) is 13.2. The summed E-state index contributed by atoms with van der Waals surface area (Å²) < 4.78 is 0. The Morgan fingerprint density at radius 3 is 2.76 bits per heavy atom. The summed E-state index contributed by atoms with van der Waals surface area (Å²) in [5.74, 6) is 5.77. The van der Waals surface area contributed by atoms with Crippen LogP contribution in [0.1, 0.15) is 34.3 Å². The first-order valence-corrected chi connectivity index (χ1v) is 7.27. The Labute approximate surface area is 127 Å². The summed E-state index contributed by atoms with van der Waals surface area (Å²) in [7, 11) is 4.10. The Bertz CT molecular complexity index is 527. The molecule has 0 unspecified atom stereocenters. The van der Waals surface area contributed by atoms with Gasteiger partial charge in [-0.25, -0.2) is 0 Å². The third-order valence-electron chi connectivity index (χ3n) is 3.14. The number of carbonyl (C=O) groups excluding carboxylic acids is 1. The molecule has 0 atom stereocenters. The fraction of sp³-hybridized carbons (Fsp3) is 0.471. The van der Waals surface area contributed by atoms with Gasteiger partial charge in [0.1, 0.15) is 0 Å². The first-order valence-electron chi connectivity index (χ1n) is 7.27. The Morgan fingerprint density at radius 2 is 2.10 bits per heavy atom. The number of amides is 1. The lowest BCUT2D eigenvalue weighted by atomic mass is 10.0. The quantitative estimate of drug-likeness (QED) is 0.614. The third-order valence-corrected chi connectivity index (χ3v) is 3.14. The van der Waals surface area contributed by atoms with E-state index < -0.39 is 0 Å². The van der Waals surface area contributed by atoms with Crippen LogP contribution in [0.4, 0.5) is 0 Å². The fourth-order valence-electron chi connectivity index (χ4n) is 1.90. The summed E-state index contributed by atoms with van der Waals surface area (Å²) in [6.07, 6.45) is 2.06. The molecule has 0 bridgehead atoms. The number of benzene rings is 1. The molecule has 0 heterocycles. The van der Waals surface area contributed by atoms with E-state index in [4.69, 9.17) is 5.73 Å². The zero-order valence-electron chi connectivity index (χ0n) is 13.2. The molecule has 0 spiro atoms. The van der Waals surface area contributed by atoms with Gasteiger partial charge in [0.15, 0.2) is 0 Å². The molecule has 4 nitrogen and oxygen atoms in total. The summed E-state index contributed by atoms with van der Waals surface area (Å²) in [4.78, 5) is 14.2. The largest absolute Gasteiger partial charge is 0.352 e. The molecule has 0 saturated heterocycles. The average molecular weight is 287 g/mol. The summed E-state index contributed by atoms with van der Waals surface area (Å²) in [5.41, 5.74) is 7.95. The van der Waals surface area contributed by atoms with Crippen molar-refractivity contribution in [1.29, 1.82) is 0 Å². The second-order valence-electron chi connectivity index (χ2n) is 5.30. The third kappa shape index (κ3) is 6.44. The van der Waals surface area contributed by atoms with Crippen molar-refractivity contribution in [3.63, 3.8) is 0 Å². The molecule has 3 N–H and O–H groups in total. The molecular formula is C17H25N3O. The molecule has 0 aliphatic carbocycles. The smallest absolute Gasteiger partial charge is 0.251 e. The molecule has 1 amide bonds. The number of unbranched alkanes of at least 4 members (excludes halogenated alkanes) is 1. The van der Waals surface area contributed by atoms with Gasteiger partial charge in [0.25, 0.3) is 5.91 Å². The lowest BCUT2D eigenvalue weighted by molar-refractivity contribution is 0.0952. The van der Waals surface area contributed by atoms with Crippen LogP contribution in [0.25, 0.3) is 0 Å². The van der Waals surface area contributed by atoms with Gasteiger partial charge in [-0.05, 0) is 58.1 Å². The summed E-state index contributed by atoms with van der Waals surface area (Å²) in [6, 6.07) is 5.58. The summed E-state index contributed by atoms with van der Waals surface area (Å²) in [6.45, 7) is 4.04. The number of carbonyl (C=O) groups is 1. The maximum atomic E-state index is 12.1. The van der Waals surface area contributed by atoms with Gasteiger partial charge < -0.3 is 16.0 Å². The highest BCUT2D eigenvalue weighted by atomic mass is 16.1. The van der Waals surface area contributed by atoms with Crippen LogP contribution in [0.3, 0.4) is 0 Å². The van der Waals surface area contributed by atoms with E-state index in [9.17, 15) is 4.79 Å². The normalized spacial score (nSPS) is 10.1. The number of nitrogens with two attached hydrogens (primary N) is 1. The van der Waals surface area contributed by atoms with Crippen LogP contribution in [-0.2, 0) is 0 Å². The summed E-state index contributed by atoms with van der Waals surface area (Å²) in [5, 5.41) is 2.95. The van der Waals surface area contributed by atoms with Crippen molar-refractivity contribution in [3.8, 4) is 11.8 Å². The van der Waals surface area contributed by atoms with Gasteiger partial charge >= 0.3 is 0 Å². The maximum absolute atomic E-state index is 12.1. The minimum atomic E-state index is -0.0457. The van der Waals surface area contributed by atoms with Crippen molar-refractivity contribution in [1.82, 2.24) is 10.2 Å². The highest BCUT2D eigenvalue weighted by Gasteiger charge is 2.06. The molecule has 0 aliphatic heterocycles. The van der Waals surface area contributed by atoms with Gasteiger partial charge in [0.05, 0.1) is 6.54 Å². The molecule has 1 aromatic carbocycles. The van der Waals surface area contributed by atoms with E-state index in [2.05, 4.69) is 36.2 Å². The van der Waals surface area contributed by atoms with Crippen molar-refractivity contribution in [2.45, 2.75) is 19.8 Å². The minimum Gasteiger partial charge on any atom is -0.352 e. The molecule has 0 saturated carbocycles. The number of rotatable bonds is 6. The van der Waals surface area contributed by atoms with Gasteiger partial charge in [0, 0.05) is 17.7 Å². The van der Waals surface area contributed by atoms with E-state index in [1.165, 1.54) is 0 Å². The van der Waals surface area contributed by atoms with E-state index in [1.807, 2.05) is 25.1 Å². The molecule has 1 rings (SSSR count). The van der Waals surface area contributed by atoms with Crippen LogP contribution in [0.2, 0.25) is 0 Å². The Hall–Kier alpha value is -1.83. The van der Waals surface area contributed by atoms with Crippen LogP contribution in [0.5, 0.6) is 0 Å². The predicted molar refractivity (Wildman–Crippen MR) is 87.2 cm³/mol. The van der Waals surface area contributed by atoms with Gasteiger partial charge in [-0.15, -0.1) is 0 Å². The monoisotopic (exact) mass is 287 g/mol. The van der Waals surface area contributed by atoms with Crippen molar-refractivity contribution < 1.29 is 4.79 Å². The second-order valence-corrected chi connectivity index (χ2v) is 5.30. The van der Waals surface area contributed by atoms with Crippen molar-refractivity contribution in [2.24, 2.45) is 5.73 Å². The van der Waals surface area contributed by atoms with Crippen molar-refractivity contribution >= 4 is 5.91 Å². The SMILES string of the molecule is Cc1ccc(C(=O)NCCCCN(C)C)cc1C#CCN. The van der Waals surface area contributed by atoms with E-state index >= 15 is 0 Å². The Morgan fingerprint density at radius 1 is 1.33 bits per heavy atom. The lowest BCUT2D eigenvalue weighted by Gasteiger charge is -2.10. The van der Waals surface area contributed by atoms with Crippen LogP contribution in [0.15, 0.2) is 18.2 Å². The van der Waals surface area contributed by atoms with Crippen LogP contribution < -0.4 is 11.1 Å². The topological polar surface area (TPSA) is 58.4 Å². The standard InChI is InChI=1S/C17H25N3O/c1-14-8-9-16(13-15(14)7-6-10-18)17(21)19-11-4-5-12-20(2)3/h8-9,13H,4-5,10-12,18H2,1-3H3,(H,19,21). The molecule has 0 fully saturated rings. The van der Waals surface area contributed by atoms with Gasteiger partial charge in [-0.2, -0.15) is 0 Å². The first-order chi connectivity index (χ1) is 10.0. The summed E-state index contributed by atoms with van der Waals surface area (Å²) >= 11 is 0. The number of aryl methyl sites for hydroxylation is 1. The molecule has 0 aliphatic rings. The molecule has 21 heavy (non-hydrogen) atoms. The van der Waals surface area contributed by atoms with E-state index in [-0.39, 0.29) is 5.91 Å². The fourth-order valence-corrected chi connectivity index (χ4v) is 1.90. The Kier molecular flexibility index (Phi) is 7.52. The minimum absolute atomic E-state index is 0.0457. The zero-order chi connectivity index (χ0) is 15.7. The molecule has 1 aromatic rings. The van der Waals surface area contributed by atoms with E-state index in [1.54, 1.807) is 0 Å². The number of nitrogens with one attached hydrogen (secondary N) is 1. The predicted octanol–water partition coefficient (Wildman–Crippen LogP) is 1.38. The molecule has 0 aromatic heterocycles. The highest BCUT2D eigenvalue weighted by Crippen LogP contribution is 2.10. The van der Waals surface area contributed by atoms with Gasteiger partial charge in [0.2, 0.25) is 0 Å². The van der Waals surface area contributed by atoms with Crippen LogP contribution in [-0.4, -0.2) is 44.5 Å². The van der Waals surface area contributed by atoms with Gasteiger partial charge in [-0.3, -0.25) is 4.79 Å². The van der Waals surface area contributed by atoms with Gasteiger partial charge in [-0.1, -0.05) is 17.9 Å². The Balaban J connectivity index is 2.54. The van der Waals surface area contributed by atoms with E-state index in [0.717, 1.165) is 30.5 Å². The van der Waals surface area contributed by atoms with E-state index in [0.29, 0.717) is 18.7 Å². The first kappa shape index (κ1) is 17.2. The molecular weight excluding hydrogens is 262 g/mol.